The standard InChI is InChI=1S/C12H19F3N2O2/c1-7-8(2)17(6-11(7,3)4)9(18)5-16-10(19)12(13,14)15/h7-8H,5-6H2,1-4H3,(H,16,19)/t7-,8+/m0/s1. The van der Waals surface area contributed by atoms with E-state index in [1.54, 1.807) is 5.32 Å². The Morgan fingerprint density at radius 3 is 2.21 bits per heavy atom. The molecule has 1 aliphatic rings. The van der Waals surface area contributed by atoms with Gasteiger partial charge in [0.1, 0.15) is 0 Å². The molecule has 4 nitrogen and oxygen atoms in total. The summed E-state index contributed by atoms with van der Waals surface area (Å²) in [6.07, 6.45) is -4.95. The Kier molecular flexibility index (Phi) is 4.17. The van der Waals surface area contributed by atoms with Gasteiger partial charge in [-0.3, -0.25) is 9.59 Å². The smallest absolute Gasteiger partial charge is 0.339 e. The van der Waals surface area contributed by atoms with Gasteiger partial charge < -0.3 is 10.2 Å². The first-order valence-corrected chi connectivity index (χ1v) is 6.11. The number of hydrogen-bond acceptors (Lipinski definition) is 2. The van der Waals surface area contributed by atoms with Crippen molar-refractivity contribution in [2.45, 2.75) is 39.9 Å². The number of hydrogen-bond donors (Lipinski definition) is 1. The molecular formula is C12H19F3N2O2. The summed E-state index contributed by atoms with van der Waals surface area (Å²) in [4.78, 5) is 24.0. The lowest BCUT2D eigenvalue weighted by Crippen LogP contribution is -2.45. The molecule has 0 bridgehead atoms. The van der Waals surface area contributed by atoms with Gasteiger partial charge in [0.25, 0.3) is 0 Å². The predicted molar refractivity (Wildman–Crippen MR) is 63.2 cm³/mol. The highest BCUT2D eigenvalue weighted by Gasteiger charge is 2.44. The number of nitrogens with zero attached hydrogens (tertiary/aromatic N) is 1. The summed E-state index contributed by atoms with van der Waals surface area (Å²) in [5, 5.41) is 1.61. The molecule has 1 fully saturated rings. The van der Waals surface area contributed by atoms with E-state index in [1.165, 1.54) is 4.90 Å². The molecule has 0 aliphatic carbocycles. The summed E-state index contributed by atoms with van der Waals surface area (Å²) in [5.74, 6) is -2.32. The molecule has 7 heteroatoms. The maximum absolute atomic E-state index is 12.0. The second kappa shape index (κ2) is 5.02. The topological polar surface area (TPSA) is 49.4 Å². The van der Waals surface area contributed by atoms with Crippen LogP contribution in [0.3, 0.4) is 0 Å². The lowest BCUT2D eigenvalue weighted by atomic mass is 9.81. The number of carbonyl (C=O) groups excluding carboxylic acids is 2. The van der Waals surface area contributed by atoms with E-state index < -0.39 is 24.5 Å². The van der Waals surface area contributed by atoms with Crippen LogP contribution >= 0.6 is 0 Å². The Labute approximate surface area is 110 Å². The van der Waals surface area contributed by atoms with Crippen LogP contribution in [0, 0.1) is 11.3 Å². The third-order valence-corrected chi connectivity index (χ3v) is 4.00. The Morgan fingerprint density at radius 2 is 1.84 bits per heavy atom. The second-order valence-electron chi connectivity index (χ2n) is 5.72. The number of alkyl halides is 3. The van der Waals surface area contributed by atoms with Gasteiger partial charge in [0.05, 0.1) is 6.54 Å². The highest BCUT2D eigenvalue weighted by molar-refractivity contribution is 5.87. The minimum atomic E-state index is -4.95. The normalized spacial score (nSPS) is 26.4. The van der Waals surface area contributed by atoms with E-state index in [2.05, 4.69) is 0 Å². The van der Waals surface area contributed by atoms with Gasteiger partial charge in [-0.15, -0.1) is 0 Å². The van der Waals surface area contributed by atoms with E-state index in [0.717, 1.165) is 0 Å². The number of halogens is 3. The van der Waals surface area contributed by atoms with Crippen molar-refractivity contribution >= 4 is 11.8 Å². The second-order valence-corrected chi connectivity index (χ2v) is 5.72. The van der Waals surface area contributed by atoms with Crippen LogP contribution in [0.5, 0.6) is 0 Å². The molecule has 0 aromatic rings. The van der Waals surface area contributed by atoms with Crippen LogP contribution < -0.4 is 5.32 Å². The molecule has 1 heterocycles. The van der Waals surface area contributed by atoms with E-state index in [1.807, 2.05) is 27.7 Å². The van der Waals surface area contributed by atoms with E-state index in [0.29, 0.717) is 6.54 Å². The van der Waals surface area contributed by atoms with Crippen molar-refractivity contribution in [1.82, 2.24) is 10.2 Å². The SMILES string of the molecule is C[C@@H]1[C@H](C)C(C)(C)CN1C(=O)CNC(=O)C(F)(F)F. The van der Waals surface area contributed by atoms with E-state index in [9.17, 15) is 22.8 Å². The third-order valence-electron chi connectivity index (χ3n) is 4.00. The average molecular weight is 280 g/mol. The van der Waals surface area contributed by atoms with Crippen LogP contribution in [-0.4, -0.2) is 42.0 Å². The van der Waals surface area contributed by atoms with Crippen LogP contribution in [0.25, 0.3) is 0 Å². The molecule has 0 saturated carbocycles. The zero-order chi connectivity index (χ0) is 15.0. The summed E-state index contributed by atoms with van der Waals surface area (Å²) in [7, 11) is 0. The summed E-state index contributed by atoms with van der Waals surface area (Å²) in [6.45, 7) is 7.75. The number of rotatable bonds is 2. The van der Waals surface area contributed by atoms with Gasteiger partial charge in [-0.2, -0.15) is 13.2 Å². The molecule has 0 spiro atoms. The fourth-order valence-corrected chi connectivity index (χ4v) is 2.32. The van der Waals surface area contributed by atoms with Gasteiger partial charge in [0.15, 0.2) is 0 Å². The van der Waals surface area contributed by atoms with E-state index >= 15 is 0 Å². The first-order valence-electron chi connectivity index (χ1n) is 6.11. The molecule has 1 N–H and O–H groups in total. The first-order chi connectivity index (χ1) is 8.47. The molecule has 2 amide bonds. The quantitative estimate of drug-likeness (QED) is 0.834. The van der Waals surface area contributed by atoms with Crippen molar-refractivity contribution in [1.29, 1.82) is 0 Å². The highest BCUT2D eigenvalue weighted by atomic mass is 19.4. The zero-order valence-corrected chi connectivity index (χ0v) is 11.5. The van der Waals surface area contributed by atoms with Gasteiger partial charge in [-0.1, -0.05) is 20.8 Å². The van der Waals surface area contributed by atoms with Crippen molar-refractivity contribution in [3.63, 3.8) is 0 Å². The third kappa shape index (κ3) is 3.39. The molecule has 1 saturated heterocycles. The molecule has 0 aromatic carbocycles. The van der Waals surface area contributed by atoms with Crippen LogP contribution in [0.1, 0.15) is 27.7 Å². The van der Waals surface area contributed by atoms with Crippen molar-refractivity contribution in [2.24, 2.45) is 11.3 Å². The fourth-order valence-electron chi connectivity index (χ4n) is 2.32. The zero-order valence-electron chi connectivity index (χ0n) is 11.5. The molecule has 0 unspecified atom stereocenters. The molecule has 110 valence electrons. The summed E-state index contributed by atoms with van der Waals surface area (Å²) in [6, 6.07) is -0.0507. The summed E-state index contributed by atoms with van der Waals surface area (Å²) in [5.41, 5.74) is -0.0802. The molecule has 0 aromatic heterocycles. The Balaban J connectivity index is 2.59. The van der Waals surface area contributed by atoms with Gasteiger partial charge >= 0.3 is 12.1 Å². The number of amides is 2. The predicted octanol–water partition coefficient (Wildman–Crippen LogP) is 1.56. The minimum Gasteiger partial charge on any atom is -0.339 e. The van der Waals surface area contributed by atoms with E-state index in [-0.39, 0.29) is 17.4 Å². The highest BCUT2D eigenvalue weighted by Crippen LogP contribution is 2.39. The van der Waals surface area contributed by atoms with Crippen molar-refractivity contribution in [3.8, 4) is 0 Å². The number of carbonyl (C=O) groups is 2. The monoisotopic (exact) mass is 280 g/mol. The lowest BCUT2D eigenvalue weighted by molar-refractivity contribution is -0.174. The number of likely N-dealkylation sites (tertiary alicyclic amines) is 1. The fraction of sp³-hybridized carbons (Fsp3) is 0.833. The average Bonchev–Trinajstić information content (AvgIpc) is 2.48. The van der Waals surface area contributed by atoms with E-state index in [4.69, 9.17) is 0 Å². The largest absolute Gasteiger partial charge is 0.471 e. The van der Waals surface area contributed by atoms with Crippen LogP contribution in [-0.2, 0) is 9.59 Å². The molecule has 1 rings (SSSR count). The van der Waals surface area contributed by atoms with Crippen molar-refractivity contribution < 1.29 is 22.8 Å². The Morgan fingerprint density at radius 1 is 1.32 bits per heavy atom. The molecule has 19 heavy (non-hydrogen) atoms. The summed E-state index contributed by atoms with van der Waals surface area (Å²) >= 11 is 0. The maximum atomic E-state index is 12.0. The molecular weight excluding hydrogens is 261 g/mol. The minimum absolute atomic E-state index is 0.0507. The van der Waals surface area contributed by atoms with Gasteiger partial charge in [0.2, 0.25) is 5.91 Å². The van der Waals surface area contributed by atoms with Gasteiger partial charge in [-0.05, 0) is 18.3 Å². The van der Waals surface area contributed by atoms with Gasteiger partial charge in [0, 0.05) is 12.6 Å². The molecule has 1 aliphatic heterocycles. The van der Waals surface area contributed by atoms with Crippen molar-refractivity contribution in [2.75, 3.05) is 13.1 Å². The van der Waals surface area contributed by atoms with Gasteiger partial charge in [-0.25, -0.2) is 0 Å². The number of nitrogens with one attached hydrogen (secondary N) is 1. The maximum Gasteiger partial charge on any atom is 0.471 e. The molecule has 0 radical (unpaired) electrons. The van der Waals surface area contributed by atoms with Crippen molar-refractivity contribution in [3.05, 3.63) is 0 Å². The summed E-state index contributed by atoms with van der Waals surface area (Å²) < 4.78 is 36.0. The Bertz CT molecular complexity index is 380. The lowest BCUT2D eigenvalue weighted by Gasteiger charge is -2.23. The Hall–Kier alpha value is -1.27. The first kappa shape index (κ1) is 15.8. The van der Waals surface area contributed by atoms with Crippen LogP contribution in [0.2, 0.25) is 0 Å². The van der Waals surface area contributed by atoms with Crippen LogP contribution in [0.15, 0.2) is 0 Å². The molecule has 2 atom stereocenters. The van der Waals surface area contributed by atoms with Crippen LogP contribution in [0.4, 0.5) is 13.2 Å².